The maximum absolute atomic E-state index is 12.2. The molecule has 1 amide bonds. The Kier molecular flexibility index (Phi) is 5.26. The van der Waals surface area contributed by atoms with Crippen LogP contribution in [0.25, 0.3) is 0 Å². The SMILES string of the molecule is CC(C)(C)OC(=O)N1CC2(C1)CC(OCC(=O)O)(c1ccc(Br)cc1)CO2. The third-order valence-corrected chi connectivity index (χ3v) is 5.20. The summed E-state index contributed by atoms with van der Waals surface area (Å²) in [7, 11) is 0. The first kappa shape index (κ1) is 20.1. The Morgan fingerprint density at radius 1 is 1.26 bits per heavy atom. The number of amides is 1. The fraction of sp³-hybridized carbons (Fsp3) is 0.579. The second kappa shape index (κ2) is 7.07. The summed E-state index contributed by atoms with van der Waals surface area (Å²) in [5.74, 6) is -1.03. The fourth-order valence-electron chi connectivity index (χ4n) is 3.52. The molecule has 1 unspecified atom stereocenters. The van der Waals surface area contributed by atoms with Crippen molar-refractivity contribution >= 4 is 28.0 Å². The van der Waals surface area contributed by atoms with Gasteiger partial charge in [0.05, 0.1) is 19.7 Å². The van der Waals surface area contributed by atoms with E-state index >= 15 is 0 Å². The van der Waals surface area contributed by atoms with Crippen molar-refractivity contribution in [3.63, 3.8) is 0 Å². The van der Waals surface area contributed by atoms with Gasteiger partial charge in [-0.1, -0.05) is 28.1 Å². The van der Waals surface area contributed by atoms with Crippen LogP contribution in [0.3, 0.4) is 0 Å². The topological polar surface area (TPSA) is 85.3 Å². The molecule has 1 atom stereocenters. The molecule has 0 saturated carbocycles. The Hall–Kier alpha value is -1.64. The average Bonchev–Trinajstić information content (AvgIpc) is 2.92. The predicted molar refractivity (Wildman–Crippen MR) is 101 cm³/mol. The maximum atomic E-state index is 12.2. The predicted octanol–water partition coefficient (Wildman–Crippen LogP) is 3.16. The quantitative estimate of drug-likeness (QED) is 0.771. The van der Waals surface area contributed by atoms with Crippen LogP contribution >= 0.6 is 15.9 Å². The molecule has 1 aromatic carbocycles. The van der Waals surface area contributed by atoms with Crippen LogP contribution < -0.4 is 0 Å². The molecular formula is C19H24BrNO6. The molecule has 2 saturated heterocycles. The molecule has 0 radical (unpaired) electrons. The molecule has 8 heteroatoms. The molecule has 2 heterocycles. The molecule has 0 aromatic heterocycles. The van der Waals surface area contributed by atoms with Crippen LogP contribution in [0.15, 0.2) is 28.7 Å². The summed E-state index contributed by atoms with van der Waals surface area (Å²) in [6.07, 6.45) is 0.109. The highest BCUT2D eigenvalue weighted by Crippen LogP contribution is 2.47. The van der Waals surface area contributed by atoms with Crippen molar-refractivity contribution in [1.82, 2.24) is 4.90 Å². The zero-order valence-electron chi connectivity index (χ0n) is 15.7. The highest BCUT2D eigenvalue weighted by Gasteiger charge is 2.58. The van der Waals surface area contributed by atoms with Gasteiger partial charge >= 0.3 is 12.1 Å². The van der Waals surface area contributed by atoms with Gasteiger partial charge in [0, 0.05) is 10.9 Å². The van der Waals surface area contributed by atoms with Crippen molar-refractivity contribution < 1.29 is 28.9 Å². The van der Waals surface area contributed by atoms with Gasteiger partial charge in [-0.3, -0.25) is 0 Å². The number of halogens is 1. The number of carboxylic acid groups (broad SMARTS) is 1. The first-order valence-electron chi connectivity index (χ1n) is 8.76. The molecule has 1 N–H and O–H groups in total. The van der Waals surface area contributed by atoms with Crippen molar-refractivity contribution in [2.75, 3.05) is 26.3 Å². The number of nitrogens with zero attached hydrogens (tertiary/aromatic N) is 1. The number of carbonyl (C=O) groups is 2. The molecule has 0 aliphatic carbocycles. The molecule has 2 aliphatic rings. The Morgan fingerprint density at radius 2 is 1.89 bits per heavy atom. The second-order valence-corrected chi connectivity index (χ2v) is 9.08. The lowest BCUT2D eigenvalue weighted by Crippen LogP contribution is -2.64. The molecule has 148 valence electrons. The van der Waals surface area contributed by atoms with Crippen LogP contribution in [0, 0.1) is 0 Å². The lowest BCUT2D eigenvalue weighted by molar-refractivity contribution is -0.150. The van der Waals surface area contributed by atoms with E-state index < -0.39 is 29.4 Å². The molecular weight excluding hydrogens is 418 g/mol. The van der Waals surface area contributed by atoms with E-state index in [1.165, 1.54) is 0 Å². The molecule has 1 spiro atoms. The standard InChI is InChI=1S/C19H24BrNO6/c1-17(2,3)27-16(24)21-10-18(11-21)9-19(12-26-18,25-8-15(22)23)13-4-6-14(20)7-5-13/h4-7H,8-12H2,1-3H3,(H,22,23). The number of hydrogen-bond acceptors (Lipinski definition) is 5. The van der Waals surface area contributed by atoms with Crippen LogP contribution in [0.5, 0.6) is 0 Å². The molecule has 2 fully saturated rings. The van der Waals surface area contributed by atoms with Crippen molar-refractivity contribution in [1.29, 1.82) is 0 Å². The van der Waals surface area contributed by atoms with Crippen LogP contribution in [0.1, 0.15) is 32.8 Å². The van der Waals surface area contributed by atoms with Gasteiger partial charge in [-0.25, -0.2) is 9.59 Å². The van der Waals surface area contributed by atoms with E-state index in [0.29, 0.717) is 19.5 Å². The number of ether oxygens (including phenoxy) is 3. The summed E-state index contributed by atoms with van der Waals surface area (Å²) in [6, 6.07) is 7.58. The monoisotopic (exact) mass is 441 g/mol. The van der Waals surface area contributed by atoms with Gasteiger partial charge in [0.2, 0.25) is 0 Å². The number of aliphatic carboxylic acids is 1. The van der Waals surface area contributed by atoms with E-state index in [0.717, 1.165) is 10.0 Å². The molecule has 1 aromatic rings. The minimum absolute atomic E-state index is 0.240. The number of hydrogen-bond donors (Lipinski definition) is 1. The Balaban J connectivity index is 1.72. The van der Waals surface area contributed by atoms with Crippen molar-refractivity contribution in [3.8, 4) is 0 Å². The highest BCUT2D eigenvalue weighted by molar-refractivity contribution is 9.10. The number of rotatable bonds is 4. The summed E-state index contributed by atoms with van der Waals surface area (Å²) in [5, 5.41) is 9.06. The highest BCUT2D eigenvalue weighted by atomic mass is 79.9. The zero-order valence-corrected chi connectivity index (χ0v) is 17.2. The van der Waals surface area contributed by atoms with Gasteiger partial charge in [0.25, 0.3) is 0 Å². The minimum Gasteiger partial charge on any atom is -0.480 e. The van der Waals surface area contributed by atoms with Crippen molar-refractivity contribution in [3.05, 3.63) is 34.3 Å². The molecule has 3 rings (SSSR count). The largest absolute Gasteiger partial charge is 0.480 e. The van der Waals surface area contributed by atoms with Crippen molar-refractivity contribution in [2.45, 2.75) is 44.0 Å². The smallest absolute Gasteiger partial charge is 0.410 e. The third kappa shape index (κ3) is 4.44. The van der Waals surface area contributed by atoms with E-state index in [-0.39, 0.29) is 12.7 Å². The number of carboxylic acids is 1. The van der Waals surface area contributed by atoms with Crippen LogP contribution in [0.4, 0.5) is 4.79 Å². The van der Waals surface area contributed by atoms with Crippen LogP contribution in [0.2, 0.25) is 0 Å². The third-order valence-electron chi connectivity index (χ3n) is 4.67. The first-order chi connectivity index (χ1) is 12.5. The van der Waals surface area contributed by atoms with E-state index in [4.69, 9.17) is 19.3 Å². The molecule has 7 nitrogen and oxygen atoms in total. The van der Waals surface area contributed by atoms with E-state index in [9.17, 15) is 9.59 Å². The van der Waals surface area contributed by atoms with Gasteiger partial charge in [-0.2, -0.15) is 0 Å². The van der Waals surface area contributed by atoms with E-state index in [2.05, 4.69) is 15.9 Å². The number of likely N-dealkylation sites (tertiary alicyclic amines) is 1. The Morgan fingerprint density at radius 3 is 2.44 bits per heavy atom. The number of carbonyl (C=O) groups excluding carboxylic acids is 1. The molecule has 27 heavy (non-hydrogen) atoms. The Bertz CT molecular complexity index is 723. The van der Waals surface area contributed by atoms with E-state index in [1.54, 1.807) is 4.90 Å². The second-order valence-electron chi connectivity index (χ2n) is 8.17. The summed E-state index contributed by atoms with van der Waals surface area (Å²) >= 11 is 3.40. The van der Waals surface area contributed by atoms with Crippen LogP contribution in [-0.2, 0) is 24.6 Å². The van der Waals surface area contributed by atoms with E-state index in [1.807, 2.05) is 45.0 Å². The normalized spacial score (nSPS) is 23.9. The Labute approximate surface area is 166 Å². The summed E-state index contributed by atoms with van der Waals surface area (Å²) in [6.45, 7) is 6.10. The van der Waals surface area contributed by atoms with Crippen LogP contribution in [-0.4, -0.2) is 59.6 Å². The number of benzene rings is 1. The summed E-state index contributed by atoms with van der Waals surface area (Å²) in [5.41, 5.74) is -1.08. The van der Waals surface area contributed by atoms with Gasteiger partial charge in [0.1, 0.15) is 23.4 Å². The van der Waals surface area contributed by atoms with Crippen molar-refractivity contribution in [2.24, 2.45) is 0 Å². The van der Waals surface area contributed by atoms with Gasteiger partial charge in [-0.15, -0.1) is 0 Å². The summed E-state index contributed by atoms with van der Waals surface area (Å²) < 4.78 is 18.2. The fourth-order valence-corrected chi connectivity index (χ4v) is 3.78. The maximum Gasteiger partial charge on any atom is 0.410 e. The lowest BCUT2D eigenvalue weighted by Gasteiger charge is -2.47. The van der Waals surface area contributed by atoms with Gasteiger partial charge < -0.3 is 24.2 Å². The molecule has 2 aliphatic heterocycles. The lowest BCUT2D eigenvalue weighted by atomic mass is 9.81. The zero-order chi connectivity index (χ0) is 19.9. The average molecular weight is 442 g/mol. The first-order valence-corrected chi connectivity index (χ1v) is 9.56. The minimum atomic E-state index is -1.03. The molecule has 0 bridgehead atoms. The summed E-state index contributed by atoms with van der Waals surface area (Å²) in [4.78, 5) is 24.9. The van der Waals surface area contributed by atoms with Gasteiger partial charge in [-0.05, 0) is 38.5 Å². The van der Waals surface area contributed by atoms with Gasteiger partial charge in [0.15, 0.2) is 0 Å².